The van der Waals surface area contributed by atoms with Gasteiger partial charge < -0.3 is 19.7 Å². The first-order valence-corrected chi connectivity index (χ1v) is 8.46. The summed E-state index contributed by atoms with van der Waals surface area (Å²) >= 11 is 0. The number of methoxy groups -OCH3 is 2. The van der Waals surface area contributed by atoms with Gasteiger partial charge in [-0.2, -0.15) is 0 Å². The van der Waals surface area contributed by atoms with Gasteiger partial charge in [0.15, 0.2) is 0 Å². The highest BCUT2D eigenvalue weighted by Gasteiger charge is 2.31. The third-order valence-corrected chi connectivity index (χ3v) is 5.20. The highest BCUT2D eigenvalue weighted by molar-refractivity contribution is 4.86. The number of hydrogen-bond acceptors (Lipinski definition) is 6. The van der Waals surface area contributed by atoms with Crippen LogP contribution in [0.4, 0.5) is 0 Å². The highest BCUT2D eigenvalue weighted by Crippen LogP contribution is 2.29. The van der Waals surface area contributed by atoms with E-state index >= 15 is 0 Å². The minimum absolute atomic E-state index is 0.204. The largest absolute Gasteiger partial charge is 0.396 e. The Morgan fingerprint density at radius 3 is 1.59 bits per heavy atom. The van der Waals surface area contributed by atoms with Crippen LogP contribution in [0.3, 0.4) is 0 Å². The predicted octanol–water partition coefficient (Wildman–Crippen LogP) is 0.433. The van der Waals surface area contributed by atoms with Gasteiger partial charge in [-0.05, 0) is 50.4 Å². The summed E-state index contributed by atoms with van der Waals surface area (Å²) < 4.78 is 11.0. The second kappa shape index (κ2) is 9.15. The molecule has 0 aliphatic heterocycles. The zero-order valence-corrected chi connectivity index (χ0v) is 13.8. The number of aliphatic hydroxyl groups is 2. The fourth-order valence-electron chi connectivity index (χ4n) is 3.94. The normalized spacial score (nSPS) is 39.8. The van der Waals surface area contributed by atoms with Crippen molar-refractivity contribution < 1.29 is 19.7 Å². The Balaban J connectivity index is 1.80. The van der Waals surface area contributed by atoms with Crippen molar-refractivity contribution in [3.8, 4) is 0 Å². The van der Waals surface area contributed by atoms with E-state index in [9.17, 15) is 10.2 Å². The molecule has 4 N–H and O–H groups in total. The van der Waals surface area contributed by atoms with Gasteiger partial charge in [0.1, 0.15) is 0 Å². The summed E-state index contributed by atoms with van der Waals surface area (Å²) in [7, 11) is 3.51. The number of rotatable bonds is 7. The van der Waals surface area contributed by atoms with Crippen LogP contribution in [0.25, 0.3) is 0 Å². The van der Waals surface area contributed by atoms with Gasteiger partial charge in [0, 0.05) is 39.5 Å². The fourth-order valence-corrected chi connectivity index (χ4v) is 3.94. The number of nitrogens with one attached hydrogen (secondary N) is 2. The van der Waals surface area contributed by atoms with Gasteiger partial charge in [-0.1, -0.05) is 0 Å². The Morgan fingerprint density at radius 2 is 1.18 bits per heavy atom. The lowest BCUT2D eigenvalue weighted by Crippen LogP contribution is -2.53. The maximum Gasteiger partial charge on any atom is 0.0611 e. The molecule has 22 heavy (non-hydrogen) atoms. The molecule has 0 aromatic rings. The zero-order chi connectivity index (χ0) is 15.9. The first kappa shape index (κ1) is 18.1. The van der Waals surface area contributed by atoms with Crippen LogP contribution in [0.1, 0.15) is 38.5 Å². The molecule has 130 valence electrons. The van der Waals surface area contributed by atoms with Crippen molar-refractivity contribution in [1.82, 2.24) is 10.9 Å². The molecule has 0 aromatic carbocycles. The molecule has 0 aromatic heterocycles. The van der Waals surface area contributed by atoms with Crippen molar-refractivity contribution in [1.29, 1.82) is 0 Å². The summed E-state index contributed by atoms with van der Waals surface area (Å²) in [5.74, 6) is 0.574. The number of ether oxygens (including phenoxy) is 2. The summed E-state index contributed by atoms with van der Waals surface area (Å²) in [6.07, 6.45) is 6.20. The third kappa shape index (κ3) is 5.15. The number of hydrazine groups is 1. The van der Waals surface area contributed by atoms with Crippen LogP contribution >= 0.6 is 0 Å². The Kier molecular flexibility index (Phi) is 7.53. The highest BCUT2D eigenvalue weighted by atomic mass is 16.5. The lowest BCUT2D eigenvalue weighted by Gasteiger charge is -2.37. The summed E-state index contributed by atoms with van der Waals surface area (Å²) in [6, 6.07) is 0.623. The summed E-state index contributed by atoms with van der Waals surface area (Å²) in [5.41, 5.74) is 6.86. The van der Waals surface area contributed by atoms with Gasteiger partial charge in [0.25, 0.3) is 0 Å². The predicted molar refractivity (Wildman–Crippen MR) is 84.3 cm³/mol. The fraction of sp³-hybridized carbons (Fsp3) is 1.00. The molecule has 2 fully saturated rings. The van der Waals surface area contributed by atoms with Gasteiger partial charge in [0.2, 0.25) is 0 Å². The lowest BCUT2D eigenvalue weighted by atomic mass is 9.79. The van der Waals surface area contributed by atoms with Gasteiger partial charge in [0.05, 0.1) is 12.2 Å². The van der Waals surface area contributed by atoms with Crippen LogP contribution < -0.4 is 10.9 Å². The van der Waals surface area contributed by atoms with Crippen molar-refractivity contribution in [3.63, 3.8) is 0 Å². The Hall–Kier alpha value is -0.240. The zero-order valence-electron chi connectivity index (χ0n) is 13.8. The van der Waals surface area contributed by atoms with E-state index in [4.69, 9.17) is 9.47 Å². The van der Waals surface area contributed by atoms with E-state index in [1.165, 1.54) is 0 Å². The quantitative estimate of drug-likeness (QED) is 0.510. The van der Waals surface area contributed by atoms with Crippen molar-refractivity contribution in [2.45, 2.75) is 62.8 Å². The van der Waals surface area contributed by atoms with E-state index in [0.29, 0.717) is 12.1 Å². The smallest absolute Gasteiger partial charge is 0.0611 e. The van der Waals surface area contributed by atoms with Gasteiger partial charge >= 0.3 is 0 Å². The number of aliphatic hydroxyl groups excluding tert-OH is 2. The molecule has 0 saturated heterocycles. The van der Waals surface area contributed by atoms with Crippen LogP contribution in [0.5, 0.6) is 0 Å². The van der Waals surface area contributed by atoms with Gasteiger partial charge in [-0.15, -0.1) is 0 Å². The monoisotopic (exact) mass is 316 g/mol. The Morgan fingerprint density at radius 1 is 0.727 bits per heavy atom. The molecule has 2 saturated carbocycles. The van der Waals surface area contributed by atoms with E-state index in [2.05, 4.69) is 10.9 Å². The molecule has 0 spiro atoms. The minimum atomic E-state index is 0.204. The van der Waals surface area contributed by atoms with E-state index in [-0.39, 0.29) is 37.3 Å². The molecule has 4 atom stereocenters. The maximum atomic E-state index is 9.41. The Bertz CT molecular complexity index is 265. The third-order valence-electron chi connectivity index (χ3n) is 5.20. The van der Waals surface area contributed by atoms with E-state index < -0.39 is 0 Å². The maximum absolute atomic E-state index is 9.41. The molecule has 2 aliphatic carbocycles. The molecule has 0 amide bonds. The average Bonchev–Trinajstić information content (AvgIpc) is 2.59. The lowest BCUT2D eigenvalue weighted by molar-refractivity contribution is -0.0242. The molecule has 2 aliphatic rings. The molecule has 4 unspecified atom stereocenters. The van der Waals surface area contributed by atoms with Gasteiger partial charge in [-0.25, -0.2) is 0 Å². The van der Waals surface area contributed by atoms with E-state index in [0.717, 1.165) is 38.5 Å². The van der Waals surface area contributed by atoms with Crippen molar-refractivity contribution in [2.24, 2.45) is 11.8 Å². The van der Waals surface area contributed by atoms with Crippen molar-refractivity contribution >= 4 is 0 Å². The Labute approximate surface area is 133 Å². The molecule has 6 nitrogen and oxygen atoms in total. The van der Waals surface area contributed by atoms with Crippen LogP contribution in [-0.4, -0.2) is 61.9 Å². The second-order valence-electron chi connectivity index (χ2n) is 6.91. The SMILES string of the molecule is COC1CC(NNC2CC(CO)CC(CO)C2)CC(OC)C1. The van der Waals surface area contributed by atoms with Crippen molar-refractivity contribution in [2.75, 3.05) is 27.4 Å². The van der Waals surface area contributed by atoms with Gasteiger partial charge in [-0.3, -0.25) is 10.9 Å². The molecule has 0 bridgehead atoms. The second-order valence-corrected chi connectivity index (χ2v) is 6.91. The molecular formula is C16H32N2O4. The topological polar surface area (TPSA) is 83.0 Å². The van der Waals surface area contributed by atoms with Crippen molar-refractivity contribution in [3.05, 3.63) is 0 Å². The van der Waals surface area contributed by atoms with Crippen LogP contribution in [0, 0.1) is 11.8 Å². The van der Waals surface area contributed by atoms with E-state index in [1.807, 2.05) is 0 Å². The average molecular weight is 316 g/mol. The van der Waals surface area contributed by atoms with Crippen LogP contribution in [-0.2, 0) is 9.47 Å². The standard InChI is InChI=1S/C16H32N2O4/c1-21-15-6-14(7-16(8-15)22-2)18-17-13-4-11(9-19)3-12(5-13)10-20/h11-20H,3-10H2,1-2H3. The molecule has 2 rings (SSSR count). The first-order valence-electron chi connectivity index (χ1n) is 8.46. The summed E-state index contributed by atoms with van der Waals surface area (Å²) in [4.78, 5) is 0. The minimum Gasteiger partial charge on any atom is -0.396 e. The molecular weight excluding hydrogens is 284 g/mol. The summed E-state index contributed by atoms with van der Waals surface area (Å²) in [5, 5.41) is 18.8. The molecule has 0 heterocycles. The van der Waals surface area contributed by atoms with Crippen LogP contribution in [0.15, 0.2) is 0 Å². The van der Waals surface area contributed by atoms with Crippen LogP contribution in [0.2, 0.25) is 0 Å². The first-order chi connectivity index (χ1) is 10.7. The molecule has 6 heteroatoms. The molecule has 0 radical (unpaired) electrons. The number of hydrogen-bond donors (Lipinski definition) is 4. The summed E-state index contributed by atoms with van der Waals surface area (Å²) in [6.45, 7) is 0.408. The van der Waals surface area contributed by atoms with E-state index in [1.54, 1.807) is 14.2 Å².